The number of aromatic nitrogens is 2. The van der Waals surface area contributed by atoms with E-state index in [0.717, 1.165) is 0 Å². The summed E-state index contributed by atoms with van der Waals surface area (Å²) in [6.07, 6.45) is 0. The molecule has 0 atom stereocenters. The van der Waals surface area contributed by atoms with E-state index < -0.39 is 4.92 Å². The normalized spacial score (nSPS) is 10.2. The fourth-order valence-corrected chi connectivity index (χ4v) is 1.77. The minimum absolute atomic E-state index is 0.152. The topological polar surface area (TPSA) is 87.4 Å². The number of ether oxygens (including phenoxy) is 2. The number of benzene rings is 1. The summed E-state index contributed by atoms with van der Waals surface area (Å²) in [4.78, 5) is 18.3. The van der Waals surface area contributed by atoms with Gasteiger partial charge in [0.1, 0.15) is 16.7 Å². The average Bonchev–Trinajstić information content (AvgIpc) is 2.37. The summed E-state index contributed by atoms with van der Waals surface area (Å²) >= 11 is 5.79. The van der Waals surface area contributed by atoms with Crippen molar-refractivity contribution in [3.05, 3.63) is 45.4 Å². The van der Waals surface area contributed by atoms with Crippen molar-refractivity contribution in [3.8, 4) is 17.4 Å². The van der Waals surface area contributed by atoms with E-state index in [-0.39, 0.29) is 28.2 Å². The Hall–Kier alpha value is -2.41. The van der Waals surface area contributed by atoms with Crippen LogP contribution in [0.25, 0.3) is 0 Å². The molecular weight excluding hydrogens is 286 g/mol. The van der Waals surface area contributed by atoms with E-state index in [1.165, 1.54) is 31.4 Å². The minimum atomic E-state index is -0.552. The van der Waals surface area contributed by atoms with Crippen LogP contribution >= 0.6 is 11.6 Å². The van der Waals surface area contributed by atoms with Crippen molar-refractivity contribution >= 4 is 17.3 Å². The molecular formula is C12H10ClN3O4. The van der Waals surface area contributed by atoms with Gasteiger partial charge in [0.2, 0.25) is 5.88 Å². The van der Waals surface area contributed by atoms with Gasteiger partial charge < -0.3 is 9.47 Å². The molecule has 0 unspecified atom stereocenters. The SMILES string of the molecule is COc1ccc(Oc2cc(Cl)nc(C)n2)cc1[N+](=O)[O-]. The van der Waals surface area contributed by atoms with Crippen LogP contribution in [-0.2, 0) is 0 Å². The van der Waals surface area contributed by atoms with E-state index in [2.05, 4.69) is 9.97 Å². The van der Waals surface area contributed by atoms with Crippen LogP contribution in [-0.4, -0.2) is 22.0 Å². The molecule has 0 spiro atoms. The van der Waals surface area contributed by atoms with Crippen LogP contribution in [0.3, 0.4) is 0 Å². The second-order valence-corrected chi connectivity index (χ2v) is 4.16. The van der Waals surface area contributed by atoms with Crippen molar-refractivity contribution in [3.63, 3.8) is 0 Å². The lowest BCUT2D eigenvalue weighted by Gasteiger charge is -2.07. The summed E-state index contributed by atoms with van der Waals surface area (Å²) in [6, 6.07) is 5.66. The van der Waals surface area contributed by atoms with Gasteiger partial charge in [-0.1, -0.05) is 11.6 Å². The maximum Gasteiger partial charge on any atom is 0.314 e. The van der Waals surface area contributed by atoms with E-state index in [1.54, 1.807) is 6.92 Å². The molecule has 0 saturated heterocycles. The standard InChI is InChI=1S/C12H10ClN3O4/c1-7-14-11(13)6-12(15-7)20-8-3-4-10(19-2)9(5-8)16(17)18/h3-6H,1-2H3. The van der Waals surface area contributed by atoms with Gasteiger partial charge in [0.15, 0.2) is 5.75 Å². The zero-order valence-corrected chi connectivity index (χ0v) is 11.4. The number of halogens is 1. The molecule has 0 N–H and O–H groups in total. The van der Waals surface area contributed by atoms with Crippen molar-refractivity contribution in [2.75, 3.05) is 7.11 Å². The lowest BCUT2D eigenvalue weighted by atomic mass is 10.3. The van der Waals surface area contributed by atoms with Gasteiger partial charge in [0.05, 0.1) is 18.1 Å². The van der Waals surface area contributed by atoms with E-state index in [1.807, 2.05) is 0 Å². The number of rotatable bonds is 4. The Balaban J connectivity index is 2.34. The Morgan fingerprint density at radius 2 is 2.05 bits per heavy atom. The molecule has 0 aliphatic carbocycles. The van der Waals surface area contributed by atoms with Crippen molar-refractivity contribution in [1.82, 2.24) is 9.97 Å². The number of aryl methyl sites for hydroxylation is 1. The maximum absolute atomic E-state index is 10.9. The number of nitro benzene ring substituents is 1. The number of nitrogens with zero attached hydrogens (tertiary/aromatic N) is 3. The third kappa shape index (κ3) is 3.12. The van der Waals surface area contributed by atoms with Gasteiger partial charge in [-0.05, 0) is 19.1 Å². The van der Waals surface area contributed by atoms with Crippen molar-refractivity contribution < 1.29 is 14.4 Å². The smallest absolute Gasteiger partial charge is 0.314 e. The second-order valence-electron chi connectivity index (χ2n) is 3.77. The summed E-state index contributed by atoms with van der Waals surface area (Å²) in [5.41, 5.74) is -0.193. The van der Waals surface area contributed by atoms with Gasteiger partial charge in [0, 0.05) is 6.07 Å². The van der Waals surface area contributed by atoms with Crippen LogP contribution in [0.1, 0.15) is 5.82 Å². The molecule has 1 aromatic carbocycles. The fourth-order valence-electron chi connectivity index (χ4n) is 1.55. The fraction of sp³-hybridized carbons (Fsp3) is 0.167. The summed E-state index contributed by atoms with van der Waals surface area (Å²) in [5, 5.41) is 11.1. The third-order valence-corrected chi connectivity index (χ3v) is 2.55. The van der Waals surface area contributed by atoms with Gasteiger partial charge in [0.25, 0.3) is 0 Å². The zero-order chi connectivity index (χ0) is 14.7. The van der Waals surface area contributed by atoms with Gasteiger partial charge in [-0.3, -0.25) is 10.1 Å². The summed E-state index contributed by atoms with van der Waals surface area (Å²) in [5.74, 6) is 1.06. The molecule has 20 heavy (non-hydrogen) atoms. The molecule has 0 amide bonds. The Bertz CT molecular complexity index is 643. The monoisotopic (exact) mass is 295 g/mol. The summed E-state index contributed by atoms with van der Waals surface area (Å²) in [6.45, 7) is 1.66. The Morgan fingerprint density at radius 1 is 1.30 bits per heavy atom. The Labute approximate surface area is 119 Å². The molecule has 0 radical (unpaired) electrons. The van der Waals surface area contributed by atoms with E-state index >= 15 is 0 Å². The summed E-state index contributed by atoms with van der Waals surface area (Å²) in [7, 11) is 1.36. The molecule has 2 aromatic rings. The highest BCUT2D eigenvalue weighted by molar-refractivity contribution is 6.29. The van der Waals surface area contributed by atoms with Crippen molar-refractivity contribution in [2.45, 2.75) is 6.92 Å². The lowest BCUT2D eigenvalue weighted by Crippen LogP contribution is -1.96. The van der Waals surface area contributed by atoms with Gasteiger partial charge in [-0.25, -0.2) is 4.98 Å². The van der Waals surface area contributed by atoms with Crippen molar-refractivity contribution in [1.29, 1.82) is 0 Å². The quantitative estimate of drug-likeness (QED) is 0.489. The van der Waals surface area contributed by atoms with Crippen LogP contribution in [0.15, 0.2) is 24.3 Å². The van der Waals surface area contributed by atoms with E-state index in [4.69, 9.17) is 21.1 Å². The lowest BCUT2D eigenvalue weighted by molar-refractivity contribution is -0.385. The van der Waals surface area contributed by atoms with Crippen LogP contribution in [0.5, 0.6) is 17.4 Å². The Morgan fingerprint density at radius 3 is 2.65 bits per heavy atom. The first-order valence-electron chi connectivity index (χ1n) is 5.51. The zero-order valence-electron chi connectivity index (χ0n) is 10.7. The van der Waals surface area contributed by atoms with E-state index in [0.29, 0.717) is 5.82 Å². The third-order valence-electron chi connectivity index (χ3n) is 2.35. The molecule has 0 fully saturated rings. The second kappa shape index (κ2) is 5.70. The van der Waals surface area contributed by atoms with Crippen LogP contribution in [0.2, 0.25) is 5.15 Å². The van der Waals surface area contributed by atoms with Gasteiger partial charge in [-0.15, -0.1) is 0 Å². The molecule has 7 nitrogen and oxygen atoms in total. The molecule has 0 aliphatic heterocycles. The number of methoxy groups -OCH3 is 1. The number of nitro groups is 1. The van der Waals surface area contributed by atoms with E-state index in [9.17, 15) is 10.1 Å². The van der Waals surface area contributed by atoms with Crippen LogP contribution in [0, 0.1) is 17.0 Å². The first kappa shape index (κ1) is 14.0. The van der Waals surface area contributed by atoms with Crippen LogP contribution < -0.4 is 9.47 Å². The molecule has 8 heteroatoms. The van der Waals surface area contributed by atoms with Crippen molar-refractivity contribution in [2.24, 2.45) is 0 Å². The largest absolute Gasteiger partial charge is 0.490 e. The molecule has 2 rings (SSSR count). The highest BCUT2D eigenvalue weighted by Gasteiger charge is 2.16. The molecule has 1 heterocycles. The molecule has 0 saturated carbocycles. The molecule has 0 aliphatic rings. The highest BCUT2D eigenvalue weighted by atomic mass is 35.5. The first-order valence-corrected chi connectivity index (χ1v) is 5.89. The minimum Gasteiger partial charge on any atom is -0.490 e. The Kier molecular flexibility index (Phi) is 3.99. The maximum atomic E-state index is 10.9. The molecule has 104 valence electrons. The van der Waals surface area contributed by atoms with Crippen LogP contribution in [0.4, 0.5) is 5.69 Å². The number of hydrogen-bond acceptors (Lipinski definition) is 6. The van der Waals surface area contributed by atoms with Gasteiger partial charge in [-0.2, -0.15) is 4.98 Å². The molecule has 0 bridgehead atoms. The first-order chi connectivity index (χ1) is 9.49. The number of hydrogen-bond donors (Lipinski definition) is 0. The van der Waals surface area contributed by atoms with Gasteiger partial charge >= 0.3 is 5.69 Å². The molecule has 1 aromatic heterocycles. The average molecular weight is 296 g/mol. The summed E-state index contributed by atoms with van der Waals surface area (Å²) < 4.78 is 10.3. The highest BCUT2D eigenvalue weighted by Crippen LogP contribution is 2.32. The predicted octanol–water partition coefficient (Wildman–Crippen LogP) is 3.15. The predicted molar refractivity (Wildman–Crippen MR) is 71.5 cm³/mol.